The van der Waals surface area contributed by atoms with Crippen LogP contribution in [0.15, 0.2) is 60.7 Å². The van der Waals surface area contributed by atoms with Gasteiger partial charge in [0.1, 0.15) is 25.3 Å². The summed E-state index contributed by atoms with van der Waals surface area (Å²) in [5.41, 5.74) is 12.3. The van der Waals surface area contributed by atoms with Gasteiger partial charge in [0.05, 0.1) is 0 Å². The Hall–Kier alpha value is -3.38. The second kappa shape index (κ2) is 14.7. The monoisotopic (exact) mass is 506 g/mol. The van der Waals surface area contributed by atoms with E-state index in [1.807, 2.05) is 36.4 Å². The molecule has 4 amide bonds. The fourth-order valence-corrected chi connectivity index (χ4v) is 4.79. The molecule has 182 valence electrons. The van der Waals surface area contributed by atoms with Crippen LogP contribution in [0.2, 0.25) is 0 Å². The van der Waals surface area contributed by atoms with Crippen LogP contribution in [0.25, 0.3) is 0 Å². The molecule has 0 aliphatic rings. The van der Waals surface area contributed by atoms with E-state index in [1.54, 1.807) is 24.3 Å². The van der Waals surface area contributed by atoms with Crippen LogP contribution in [0.5, 0.6) is 0 Å². The van der Waals surface area contributed by atoms with Gasteiger partial charge in [-0.05, 0) is 11.1 Å². The van der Waals surface area contributed by atoms with E-state index in [-0.39, 0.29) is 24.7 Å². The average molecular weight is 507 g/mol. The molecular weight excluding hydrogens is 480 g/mol. The van der Waals surface area contributed by atoms with Gasteiger partial charge in [0, 0.05) is 11.5 Å². The van der Waals surface area contributed by atoms with Gasteiger partial charge in [-0.3, -0.25) is 9.59 Å². The lowest BCUT2D eigenvalue weighted by molar-refractivity contribution is -0.120. The van der Waals surface area contributed by atoms with Gasteiger partial charge in [0.15, 0.2) is 0 Å². The number of nitrogens with one attached hydrogen (secondary N) is 2. The van der Waals surface area contributed by atoms with Gasteiger partial charge in [0.25, 0.3) is 0 Å². The topological polar surface area (TPSA) is 163 Å². The molecule has 2 unspecified atom stereocenters. The molecule has 0 bridgehead atoms. The van der Waals surface area contributed by atoms with Crippen molar-refractivity contribution in [3.8, 4) is 0 Å². The van der Waals surface area contributed by atoms with Gasteiger partial charge < -0.3 is 31.6 Å². The summed E-state index contributed by atoms with van der Waals surface area (Å²) in [5.74, 6) is -1.24. The molecule has 0 aliphatic heterocycles. The maximum Gasteiger partial charge on any atom is 0.408 e. The fourth-order valence-electron chi connectivity index (χ4n) is 2.44. The second-order valence-electron chi connectivity index (χ2n) is 6.89. The lowest BCUT2D eigenvalue weighted by Crippen LogP contribution is -2.47. The van der Waals surface area contributed by atoms with E-state index in [0.717, 1.165) is 11.1 Å². The van der Waals surface area contributed by atoms with Gasteiger partial charge >= 0.3 is 12.2 Å². The minimum absolute atomic E-state index is 0.0480. The molecule has 0 aliphatic carbocycles. The lowest BCUT2D eigenvalue weighted by Gasteiger charge is -2.17. The SMILES string of the molecule is NC(=O)C(CSSCC(NC(=O)OCc1ccccc1)C(N)=O)NC(=O)OCc1ccccc1. The number of rotatable bonds is 13. The smallest absolute Gasteiger partial charge is 0.408 e. The Bertz CT molecular complexity index is 871. The average Bonchev–Trinajstić information content (AvgIpc) is 2.83. The van der Waals surface area contributed by atoms with Crippen molar-refractivity contribution in [2.45, 2.75) is 25.3 Å². The number of primary amides is 2. The summed E-state index contributed by atoms with van der Waals surface area (Å²) in [6.45, 7) is 0.0960. The number of hydrogen-bond donors (Lipinski definition) is 4. The Balaban J connectivity index is 1.71. The maximum atomic E-state index is 12.0. The van der Waals surface area contributed by atoms with Crippen molar-refractivity contribution in [3.63, 3.8) is 0 Å². The van der Waals surface area contributed by atoms with Crippen molar-refractivity contribution in [1.82, 2.24) is 10.6 Å². The Morgan fingerprint density at radius 2 is 1.03 bits per heavy atom. The molecule has 0 heterocycles. The van der Waals surface area contributed by atoms with E-state index in [2.05, 4.69) is 10.6 Å². The summed E-state index contributed by atoms with van der Waals surface area (Å²) in [6, 6.07) is 16.1. The quantitative estimate of drug-likeness (QED) is 0.236. The first-order valence-corrected chi connectivity index (χ1v) is 12.6. The number of benzene rings is 2. The fraction of sp³-hybridized carbons (Fsp3) is 0.273. The Kier molecular flexibility index (Phi) is 11.6. The molecule has 0 saturated carbocycles. The van der Waals surface area contributed by atoms with Gasteiger partial charge in [0.2, 0.25) is 11.8 Å². The van der Waals surface area contributed by atoms with Gasteiger partial charge in [-0.1, -0.05) is 82.3 Å². The molecule has 0 saturated heterocycles. The van der Waals surface area contributed by atoms with Gasteiger partial charge in [-0.2, -0.15) is 0 Å². The van der Waals surface area contributed by atoms with Crippen molar-refractivity contribution in [2.24, 2.45) is 11.5 Å². The van der Waals surface area contributed by atoms with E-state index in [4.69, 9.17) is 20.9 Å². The molecule has 34 heavy (non-hydrogen) atoms. The van der Waals surface area contributed by atoms with Crippen LogP contribution in [-0.2, 0) is 32.3 Å². The van der Waals surface area contributed by atoms with Crippen LogP contribution in [0.1, 0.15) is 11.1 Å². The summed E-state index contributed by atoms with van der Waals surface area (Å²) in [7, 11) is 2.35. The Morgan fingerprint density at radius 1 is 0.676 bits per heavy atom. The standard InChI is InChI=1S/C22H26N4O6S2/c23-19(27)17(25-21(29)31-11-15-7-3-1-4-8-15)13-33-34-14-18(20(24)28)26-22(30)32-12-16-9-5-2-6-10-16/h1-10,17-18H,11-14H2,(H2,23,27)(H2,24,28)(H,25,29)(H,26,30). The van der Waals surface area contributed by atoms with Crippen LogP contribution >= 0.6 is 21.6 Å². The first-order chi connectivity index (χ1) is 16.3. The van der Waals surface area contributed by atoms with E-state index in [9.17, 15) is 19.2 Å². The minimum atomic E-state index is -0.989. The molecule has 2 aromatic carbocycles. The van der Waals surface area contributed by atoms with E-state index in [1.165, 1.54) is 21.6 Å². The van der Waals surface area contributed by atoms with Crippen LogP contribution in [0.4, 0.5) is 9.59 Å². The third-order valence-electron chi connectivity index (χ3n) is 4.25. The van der Waals surface area contributed by atoms with Gasteiger partial charge in [-0.25, -0.2) is 9.59 Å². The molecular formula is C22H26N4O6S2. The number of ether oxygens (including phenoxy) is 2. The van der Waals surface area contributed by atoms with Crippen molar-refractivity contribution >= 4 is 45.6 Å². The number of alkyl carbamates (subject to hydrolysis) is 2. The number of amides is 4. The van der Waals surface area contributed by atoms with Crippen molar-refractivity contribution in [1.29, 1.82) is 0 Å². The first-order valence-electron chi connectivity index (χ1n) is 10.1. The molecule has 2 aromatic rings. The van der Waals surface area contributed by atoms with Crippen LogP contribution < -0.4 is 22.1 Å². The third kappa shape index (κ3) is 10.5. The molecule has 0 spiro atoms. The zero-order valence-electron chi connectivity index (χ0n) is 18.2. The summed E-state index contributed by atoms with van der Waals surface area (Å²) in [5, 5.41) is 4.82. The summed E-state index contributed by atoms with van der Waals surface area (Å²) < 4.78 is 10.2. The molecule has 12 heteroatoms. The number of carbonyl (C=O) groups is 4. The zero-order valence-corrected chi connectivity index (χ0v) is 19.8. The Labute approximate surface area is 204 Å². The summed E-state index contributed by atoms with van der Waals surface area (Å²) in [6.07, 6.45) is -1.56. The highest BCUT2D eigenvalue weighted by molar-refractivity contribution is 8.76. The zero-order chi connectivity index (χ0) is 24.8. The predicted molar refractivity (Wildman–Crippen MR) is 130 cm³/mol. The summed E-state index contributed by atoms with van der Waals surface area (Å²) in [4.78, 5) is 47.3. The predicted octanol–water partition coefficient (Wildman–Crippen LogP) is 1.93. The number of nitrogens with two attached hydrogens (primary N) is 2. The Morgan fingerprint density at radius 3 is 1.35 bits per heavy atom. The van der Waals surface area contributed by atoms with E-state index >= 15 is 0 Å². The maximum absolute atomic E-state index is 12.0. The highest BCUT2D eigenvalue weighted by atomic mass is 33.1. The van der Waals surface area contributed by atoms with Gasteiger partial charge in [-0.15, -0.1) is 0 Å². The van der Waals surface area contributed by atoms with E-state index in [0.29, 0.717) is 0 Å². The molecule has 0 fully saturated rings. The number of carbonyl (C=O) groups excluding carboxylic acids is 4. The second-order valence-corrected chi connectivity index (χ2v) is 9.44. The van der Waals surface area contributed by atoms with E-state index < -0.39 is 36.1 Å². The third-order valence-corrected chi connectivity index (χ3v) is 6.67. The van der Waals surface area contributed by atoms with Crippen molar-refractivity contribution in [3.05, 3.63) is 71.8 Å². The summed E-state index contributed by atoms with van der Waals surface area (Å²) >= 11 is 0. The van der Waals surface area contributed by atoms with Crippen LogP contribution in [-0.4, -0.2) is 47.6 Å². The van der Waals surface area contributed by atoms with Crippen molar-refractivity contribution < 1.29 is 28.7 Å². The van der Waals surface area contributed by atoms with Crippen molar-refractivity contribution in [2.75, 3.05) is 11.5 Å². The number of hydrogen-bond acceptors (Lipinski definition) is 8. The molecule has 2 rings (SSSR count). The molecule has 0 radical (unpaired) electrons. The minimum Gasteiger partial charge on any atom is -0.445 e. The molecule has 10 nitrogen and oxygen atoms in total. The molecule has 0 aromatic heterocycles. The molecule has 6 N–H and O–H groups in total. The molecule has 2 atom stereocenters. The van der Waals surface area contributed by atoms with Crippen LogP contribution in [0, 0.1) is 0 Å². The highest BCUT2D eigenvalue weighted by Crippen LogP contribution is 2.23. The normalized spacial score (nSPS) is 12.1. The highest BCUT2D eigenvalue weighted by Gasteiger charge is 2.22. The first kappa shape index (κ1) is 26.9. The lowest BCUT2D eigenvalue weighted by atomic mass is 10.2. The van der Waals surface area contributed by atoms with Crippen LogP contribution in [0.3, 0.4) is 0 Å². The largest absolute Gasteiger partial charge is 0.445 e.